The van der Waals surface area contributed by atoms with E-state index in [1.165, 1.54) is 6.08 Å². The van der Waals surface area contributed by atoms with Gasteiger partial charge in [-0.1, -0.05) is 36.8 Å². The molecule has 0 atom stereocenters. The van der Waals surface area contributed by atoms with Crippen molar-refractivity contribution in [1.82, 2.24) is 0 Å². The molecular formula is C15H15F. The molecule has 1 heteroatoms. The molecule has 0 radical (unpaired) electrons. The van der Waals surface area contributed by atoms with Gasteiger partial charge >= 0.3 is 0 Å². The second-order valence-electron chi connectivity index (χ2n) is 3.46. The van der Waals surface area contributed by atoms with Gasteiger partial charge in [0.1, 0.15) is 5.83 Å². The first-order chi connectivity index (χ1) is 7.70. The van der Waals surface area contributed by atoms with Crippen molar-refractivity contribution >= 4 is 0 Å². The Morgan fingerprint density at radius 2 is 2.31 bits per heavy atom. The van der Waals surface area contributed by atoms with Crippen LogP contribution in [0.1, 0.15) is 20.3 Å². The maximum atomic E-state index is 13.6. The number of hydrogen-bond donors (Lipinski definition) is 0. The van der Waals surface area contributed by atoms with Crippen molar-refractivity contribution in [2.24, 2.45) is 0 Å². The standard InChI is InChI=1S/C15H15F/c1-4-6-9-12(3)13-10-7-11-15(16)14(13)8-5-2/h4,6-7,9,11H,1,10H2,2-3H3/b9-6-,13-12+. The zero-order valence-corrected chi connectivity index (χ0v) is 9.68. The van der Waals surface area contributed by atoms with E-state index in [2.05, 4.69) is 18.4 Å². The van der Waals surface area contributed by atoms with Gasteiger partial charge in [0, 0.05) is 0 Å². The van der Waals surface area contributed by atoms with Crippen LogP contribution in [0.4, 0.5) is 4.39 Å². The van der Waals surface area contributed by atoms with E-state index in [0.717, 1.165) is 17.6 Å². The number of allylic oxidation sites excluding steroid dienone is 9. The Labute approximate surface area is 96.6 Å². The van der Waals surface area contributed by atoms with Crippen LogP contribution in [0.25, 0.3) is 0 Å². The minimum atomic E-state index is -0.248. The Bertz CT molecular complexity index is 459. The molecule has 0 unspecified atom stereocenters. The minimum Gasteiger partial charge on any atom is -0.206 e. The summed E-state index contributed by atoms with van der Waals surface area (Å²) >= 11 is 0. The first kappa shape index (κ1) is 12.3. The maximum absolute atomic E-state index is 13.6. The molecule has 0 spiro atoms. The van der Waals surface area contributed by atoms with Gasteiger partial charge in [-0.15, -0.1) is 5.92 Å². The predicted molar refractivity (Wildman–Crippen MR) is 67.4 cm³/mol. The van der Waals surface area contributed by atoms with Crippen molar-refractivity contribution in [2.75, 3.05) is 0 Å². The Balaban J connectivity index is 3.22. The van der Waals surface area contributed by atoms with Crippen LogP contribution in [-0.4, -0.2) is 0 Å². The molecule has 0 fully saturated rings. The summed E-state index contributed by atoms with van der Waals surface area (Å²) in [4.78, 5) is 0. The third-order valence-electron chi connectivity index (χ3n) is 2.34. The quantitative estimate of drug-likeness (QED) is 0.476. The molecule has 0 heterocycles. The van der Waals surface area contributed by atoms with Crippen LogP contribution < -0.4 is 0 Å². The molecule has 0 saturated heterocycles. The van der Waals surface area contributed by atoms with Crippen LogP contribution in [0.3, 0.4) is 0 Å². The zero-order chi connectivity index (χ0) is 12.0. The molecule has 1 aliphatic rings. The van der Waals surface area contributed by atoms with E-state index in [1.807, 2.05) is 25.2 Å². The normalized spacial score (nSPS) is 18.4. The van der Waals surface area contributed by atoms with E-state index >= 15 is 0 Å². The fraction of sp³-hybridized carbons (Fsp3) is 0.200. The Morgan fingerprint density at radius 1 is 1.56 bits per heavy atom. The minimum absolute atomic E-state index is 0.248. The fourth-order valence-electron chi connectivity index (χ4n) is 1.54. The van der Waals surface area contributed by atoms with Gasteiger partial charge < -0.3 is 0 Å². The van der Waals surface area contributed by atoms with Crippen LogP contribution >= 0.6 is 0 Å². The molecular weight excluding hydrogens is 199 g/mol. The lowest BCUT2D eigenvalue weighted by Gasteiger charge is -2.12. The summed E-state index contributed by atoms with van der Waals surface area (Å²) in [6, 6.07) is 0. The molecule has 1 aliphatic carbocycles. The van der Waals surface area contributed by atoms with Gasteiger partial charge in [-0.25, -0.2) is 4.39 Å². The molecule has 0 aromatic rings. The van der Waals surface area contributed by atoms with Crippen LogP contribution in [0.2, 0.25) is 0 Å². The number of rotatable bonds is 2. The molecule has 0 saturated carbocycles. The molecule has 0 amide bonds. The Morgan fingerprint density at radius 3 is 2.94 bits per heavy atom. The van der Waals surface area contributed by atoms with Crippen LogP contribution in [-0.2, 0) is 0 Å². The molecule has 0 aliphatic heterocycles. The summed E-state index contributed by atoms with van der Waals surface area (Å²) in [7, 11) is 0. The second-order valence-corrected chi connectivity index (χ2v) is 3.46. The SMILES string of the molecule is C=C/C=C\C(C)=C1/CC=CC(F)=C1C#CC. The summed E-state index contributed by atoms with van der Waals surface area (Å²) in [6.07, 6.45) is 9.49. The van der Waals surface area contributed by atoms with E-state index in [-0.39, 0.29) is 5.83 Å². The lowest BCUT2D eigenvalue weighted by atomic mass is 9.93. The van der Waals surface area contributed by atoms with Crippen molar-refractivity contribution in [3.05, 3.63) is 59.5 Å². The maximum Gasteiger partial charge on any atom is 0.138 e. The highest BCUT2D eigenvalue weighted by atomic mass is 19.1. The summed E-state index contributed by atoms with van der Waals surface area (Å²) in [5.41, 5.74) is 2.49. The van der Waals surface area contributed by atoms with Crippen molar-refractivity contribution in [3.8, 4) is 11.8 Å². The highest BCUT2D eigenvalue weighted by Crippen LogP contribution is 2.28. The average molecular weight is 214 g/mol. The molecule has 0 aromatic carbocycles. The van der Waals surface area contributed by atoms with E-state index in [0.29, 0.717) is 5.57 Å². The van der Waals surface area contributed by atoms with Crippen LogP contribution in [0.15, 0.2) is 59.5 Å². The first-order valence-electron chi connectivity index (χ1n) is 5.19. The van der Waals surface area contributed by atoms with E-state index in [4.69, 9.17) is 0 Å². The van der Waals surface area contributed by atoms with Gasteiger partial charge in [-0.3, -0.25) is 0 Å². The predicted octanol–water partition coefficient (Wildman–Crippen LogP) is 4.25. The lowest BCUT2D eigenvalue weighted by molar-refractivity contribution is 0.655. The Hall–Kier alpha value is -1.81. The lowest BCUT2D eigenvalue weighted by Crippen LogP contribution is -1.97. The van der Waals surface area contributed by atoms with Crippen molar-refractivity contribution in [2.45, 2.75) is 20.3 Å². The molecule has 1 rings (SSSR count). The van der Waals surface area contributed by atoms with Crippen LogP contribution in [0, 0.1) is 11.8 Å². The molecule has 16 heavy (non-hydrogen) atoms. The monoisotopic (exact) mass is 214 g/mol. The zero-order valence-electron chi connectivity index (χ0n) is 9.68. The third-order valence-corrected chi connectivity index (χ3v) is 2.34. The summed E-state index contributed by atoms with van der Waals surface area (Å²) in [5, 5.41) is 0. The summed E-state index contributed by atoms with van der Waals surface area (Å²) in [5.74, 6) is 5.33. The van der Waals surface area contributed by atoms with Gasteiger partial charge in [0.2, 0.25) is 0 Å². The highest BCUT2D eigenvalue weighted by Gasteiger charge is 2.13. The fourth-order valence-corrected chi connectivity index (χ4v) is 1.54. The summed E-state index contributed by atoms with van der Waals surface area (Å²) < 4.78 is 13.6. The third kappa shape index (κ3) is 2.84. The topological polar surface area (TPSA) is 0 Å². The number of halogens is 1. The van der Waals surface area contributed by atoms with E-state index in [1.54, 1.807) is 13.0 Å². The highest BCUT2D eigenvalue weighted by molar-refractivity contribution is 5.56. The van der Waals surface area contributed by atoms with E-state index < -0.39 is 0 Å². The van der Waals surface area contributed by atoms with Crippen molar-refractivity contribution in [1.29, 1.82) is 0 Å². The second kappa shape index (κ2) is 5.92. The molecule has 0 nitrogen and oxygen atoms in total. The van der Waals surface area contributed by atoms with Crippen LogP contribution in [0.5, 0.6) is 0 Å². The van der Waals surface area contributed by atoms with Gasteiger partial charge in [0.15, 0.2) is 0 Å². The average Bonchev–Trinajstić information content (AvgIpc) is 2.29. The van der Waals surface area contributed by atoms with Gasteiger partial charge in [-0.2, -0.15) is 0 Å². The van der Waals surface area contributed by atoms with Gasteiger partial charge in [0.05, 0.1) is 5.57 Å². The Kier molecular flexibility index (Phi) is 4.54. The number of hydrogen-bond acceptors (Lipinski definition) is 0. The van der Waals surface area contributed by atoms with E-state index in [9.17, 15) is 4.39 Å². The van der Waals surface area contributed by atoms with Crippen molar-refractivity contribution < 1.29 is 4.39 Å². The van der Waals surface area contributed by atoms with Gasteiger partial charge in [0.25, 0.3) is 0 Å². The molecule has 0 aromatic heterocycles. The van der Waals surface area contributed by atoms with Gasteiger partial charge in [-0.05, 0) is 37.5 Å². The molecule has 82 valence electrons. The molecule has 0 N–H and O–H groups in total. The molecule has 0 bridgehead atoms. The first-order valence-corrected chi connectivity index (χ1v) is 5.19. The summed E-state index contributed by atoms with van der Waals surface area (Å²) in [6.45, 7) is 7.28. The largest absolute Gasteiger partial charge is 0.206 e. The van der Waals surface area contributed by atoms with Crippen molar-refractivity contribution in [3.63, 3.8) is 0 Å². The smallest absolute Gasteiger partial charge is 0.138 e.